The van der Waals surface area contributed by atoms with E-state index < -0.39 is 6.09 Å². The highest BCUT2D eigenvalue weighted by Gasteiger charge is 1.92. The molecule has 0 aliphatic rings. The minimum Gasteiger partial charge on any atom is -0.453 e. The summed E-state index contributed by atoms with van der Waals surface area (Å²) in [4.78, 5) is 19.6. The molecule has 0 aromatic heterocycles. The summed E-state index contributed by atoms with van der Waals surface area (Å²) in [5, 5.41) is 9.15. The molecule has 0 aromatic carbocycles. The standard InChI is InChI=1S/C4H7NO3.C4H10.CH4O/c1-8-4(7)5-2-3-6;1-3-4-2;1-2/h3H,2H2,1H3,(H,5,7);3-4H2,1-2H3;2H,1H3. The number of hydrogen-bond acceptors (Lipinski definition) is 4. The number of aliphatic hydroxyl groups excluding tert-OH is 1. The highest BCUT2D eigenvalue weighted by atomic mass is 16.5. The minimum atomic E-state index is -0.586. The molecule has 0 atom stereocenters. The van der Waals surface area contributed by atoms with Crippen molar-refractivity contribution in [1.29, 1.82) is 0 Å². The van der Waals surface area contributed by atoms with Gasteiger partial charge in [-0.3, -0.25) is 0 Å². The van der Waals surface area contributed by atoms with Crippen molar-refractivity contribution in [2.75, 3.05) is 20.8 Å². The lowest BCUT2D eigenvalue weighted by Gasteiger charge is -1.94. The average Bonchev–Trinajstić information content (AvgIpc) is 2.28. The second-order valence-corrected chi connectivity index (χ2v) is 2.04. The number of ether oxygens (including phenoxy) is 1. The second kappa shape index (κ2) is 22.7. The third kappa shape index (κ3) is 30.7. The minimum absolute atomic E-state index is 0.00662. The zero-order valence-electron chi connectivity index (χ0n) is 9.37. The van der Waals surface area contributed by atoms with Gasteiger partial charge in [0.2, 0.25) is 0 Å². The van der Waals surface area contributed by atoms with Gasteiger partial charge in [-0.05, 0) is 0 Å². The van der Waals surface area contributed by atoms with Crippen molar-refractivity contribution < 1.29 is 19.4 Å². The van der Waals surface area contributed by atoms with E-state index in [1.807, 2.05) is 0 Å². The zero-order chi connectivity index (χ0) is 11.8. The van der Waals surface area contributed by atoms with Crippen molar-refractivity contribution >= 4 is 12.4 Å². The van der Waals surface area contributed by atoms with Crippen LogP contribution in [0.4, 0.5) is 4.79 Å². The molecule has 2 N–H and O–H groups in total. The van der Waals surface area contributed by atoms with Crippen molar-refractivity contribution in [3.05, 3.63) is 0 Å². The molecule has 0 saturated carbocycles. The molecule has 0 aromatic rings. The van der Waals surface area contributed by atoms with E-state index >= 15 is 0 Å². The molecular weight excluding hydrogens is 186 g/mol. The number of unbranched alkanes of at least 4 members (excludes halogenated alkanes) is 1. The Morgan fingerprint density at radius 3 is 2.00 bits per heavy atom. The Morgan fingerprint density at radius 2 is 1.79 bits per heavy atom. The van der Waals surface area contributed by atoms with E-state index in [0.717, 1.165) is 7.11 Å². The van der Waals surface area contributed by atoms with Crippen LogP contribution in [-0.4, -0.2) is 38.3 Å². The van der Waals surface area contributed by atoms with Crippen molar-refractivity contribution in [3.63, 3.8) is 0 Å². The maximum absolute atomic E-state index is 10.1. The maximum atomic E-state index is 10.1. The summed E-state index contributed by atoms with van der Waals surface area (Å²) in [6.45, 7) is 4.37. The Morgan fingerprint density at radius 1 is 1.36 bits per heavy atom. The number of aldehydes is 1. The van der Waals surface area contributed by atoms with Crippen LogP contribution < -0.4 is 5.32 Å². The summed E-state index contributed by atoms with van der Waals surface area (Å²) in [5.41, 5.74) is 0. The van der Waals surface area contributed by atoms with E-state index in [-0.39, 0.29) is 6.54 Å². The lowest BCUT2D eigenvalue weighted by atomic mass is 10.4. The second-order valence-electron chi connectivity index (χ2n) is 2.04. The summed E-state index contributed by atoms with van der Waals surface area (Å²) in [6.07, 6.45) is 2.63. The Balaban J connectivity index is -0.000000170. The van der Waals surface area contributed by atoms with Gasteiger partial charge < -0.3 is 20.0 Å². The molecule has 5 nitrogen and oxygen atoms in total. The van der Waals surface area contributed by atoms with Gasteiger partial charge in [-0.25, -0.2) is 4.79 Å². The average molecular weight is 207 g/mol. The van der Waals surface area contributed by atoms with E-state index in [9.17, 15) is 9.59 Å². The van der Waals surface area contributed by atoms with Gasteiger partial charge in [-0.2, -0.15) is 0 Å². The third-order valence-electron chi connectivity index (χ3n) is 1.02. The fourth-order valence-electron chi connectivity index (χ4n) is 0.197. The van der Waals surface area contributed by atoms with Gasteiger partial charge in [0.15, 0.2) is 0 Å². The molecule has 0 aliphatic heterocycles. The van der Waals surface area contributed by atoms with Crippen molar-refractivity contribution in [2.45, 2.75) is 26.7 Å². The molecule has 0 saturated heterocycles. The molecule has 0 bridgehead atoms. The first-order valence-corrected chi connectivity index (χ1v) is 4.43. The molecular formula is C9H21NO4. The first-order valence-electron chi connectivity index (χ1n) is 4.43. The van der Waals surface area contributed by atoms with Gasteiger partial charge in [-0.15, -0.1) is 0 Å². The number of carbonyl (C=O) groups is 2. The van der Waals surface area contributed by atoms with Crippen LogP contribution in [0.2, 0.25) is 0 Å². The highest BCUT2D eigenvalue weighted by molar-refractivity contribution is 5.70. The van der Waals surface area contributed by atoms with Gasteiger partial charge in [0.05, 0.1) is 13.7 Å². The van der Waals surface area contributed by atoms with Crippen LogP contribution in [0.15, 0.2) is 0 Å². The number of methoxy groups -OCH3 is 1. The molecule has 0 unspecified atom stereocenters. The van der Waals surface area contributed by atoms with Crippen LogP contribution in [0.1, 0.15) is 26.7 Å². The van der Waals surface area contributed by atoms with Crippen molar-refractivity contribution in [2.24, 2.45) is 0 Å². The van der Waals surface area contributed by atoms with Crippen molar-refractivity contribution in [3.8, 4) is 0 Å². The Labute approximate surface area is 85.5 Å². The lowest BCUT2D eigenvalue weighted by Crippen LogP contribution is -2.24. The summed E-state index contributed by atoms with van der Waals surface area (Å²) in [7, 11) is 2.24. The van der Waals surface area contributed by atoms with Gasteiger partial charge in [0.1, 0.15) is 6.29 Å². The number of carbonyl (C=O) groups excluding carboxylic acids is 2. The van der Waals surface area contributed by atoms with Gasteiger partial charge in [0, 0.05) is 7.11 Å². The Hall–Kier alpha value is -1.10. The van der Waals surface area contributed by atoms with Crippen LogP contribution in [0.3, 0.4) is 0 Å². The van der Waals surface area contributed by atoms with Crippen LogP contribution in [0, 0.1) is 0 Å². The number of aliphatic hydroxyl groups is 1. The number of amides is 1. The predicted molar refractivity (Wildman–Crippen MR) is 55.2 cm³/mol. The fourth-order valence-corrected chi connectivity index (χ4v) is 0.197. The van der Waals surface area contributed by atoms with Crippen LogP contribution in [0.25, 0.3) is 0 Å². The molecule has 1 amide bonds. The SMILES string of the molecule is CCCC.CO.COC(=O)NCC=O. The third-order valence-corrected chi connectivity index (χ3v) is 1.02. The Bertz CT molecular complexity index is 115. The molecule has 0 rings (SSSR count). The molecule has 0 aliphatic carbocycles. The van der Waals surface area contributed by atoms with Crippen LogP contribution in [-0.2, 0) is 9.53 Å². The summed E-state index contributed by atoms with van der Waals surface area (Å²) in [5.74, 6) is 0. The molecule has 0 fully saturated rings. The molecule has 0 radical (unpaired) electrons. The van der Waals surface area contributed by atoms with Crippen LogP contribution >= 0.6 is 0 Å². The van der Waals surface area contributed by atoms with Gasteiger partial charge in [0.25, 0.3) is 0 Å². The van der Waals surface area contributed by atoms with Crippen molar-refractivity contribution in [1.82, 2.24) is 5.32 Å². The van der Waals surface area contributed by atoms with Gasteiger partial charge in [-0.1, -0.05) is 26.7 Å². The maximum Gasteiger partial charge on any atom is 0.407 e. The highest BCUT2D eigenvalue weighted by Crippen LogP contribution is 1.76. The quantitative estimate of drug-likeness (QED) is 0.676. The van der Waals surface area contributed by atoms with E-state index in [4.69, 9.17) is 5.11 Å². The monoisotopic (exact) mass is 207 g/mol. The molecule has 86 valence electrons. The molecule has 0 heterocycles. The normalized spacial score (nSPS) is 6.93. The Kier molecular flexibility index (Phi) is 30.2. The number of hydrogen-bond donors (Lipinski definition) is 2. The first-order chi connectivity index (χ1) is 6.72. The van der Waals surface area contributed by atoms with E-state index in [1.165, 1.54) is 20.0 Å². The topological polar surface area (TPSA) is 75.6 Å². The number of rotatable bonds is 3. The smallest absolute Gasteiger partial charge is 0.407 e. The molecule has 5 heteroatoms. The predicted octanol–water partition coefficient (Wildman–Crippen LogP) is 0.956. The number of alkyl carbamates (subject to hydrolysis) is 1. The van der Waals surface area contributed by atoms with E-state index in [2.05, 4.69) is 23.9 Å². The molecule has 14 heavy (non-hydrogen) atoms. The van der Waals surface area contributed by atoms with E-state index in [0.29, 0.717) is 6.29 Å². The fraction of sp³-hybridized carbons (Fsp3) is 0.778. The lowest BCUT2D eigenvalue weighted by molar-refractivity contribution is -0.107. The summed E-state index contributed by atoms with van der Waals surface area (Å²) < 4.78 is 4.14. The largest absolute Gasteiger partial charge is 0.453 e. The summed E-state index contributed by atoms with van der Waals surface area (Å²) in [6, 6.07) is 0. The first kappa shape index (κ1) is 18.6. The van der Waals surface area contributed by atoms with Gasteiger partial charge >= 0.3 is 6.09 Å². The zero-order valence-corrected chi connectivity index (χ0v) is 9.37. The van der Waals surface area contributed by atoms with E-state index in [1.54, 1.807) is 0 Å². The number of nitrogens with one attached hydrogen (secondary N) is 1. The molecule has 0 spiro atoms. The van der Waals surface area contributed by atoms with Crippen LogP contribution in [0.5, 0.6) is 0 Å². The summed E-state index contributed by atoms with van der Waals surface area (Å²) >= 11 is 0.